The normalized spacial score (nSPS) is 10.7. The van der Waals surface area contributed by atoms with Gasteiger partial charge >= 0.3 is 0 Å². The zero-order valence-electron chi connectivity index (χ0n) is 15.2. The Morgan fingerprint density at radius 1 is 0.962 bits per heavy atom. The van der Waals surface area contributed by atoms with Crippen LogP contribution in [0.25, 0.3) is 10.9 Å². The Labute approximate surface area is 153 Å². The molecule has 0 aliphatic carbocycles. The molecule has 1 amide bonds. The molecule has 2 N–H and O–H groups in total. The predicted molar refractivity (Wildman–Crippen MR) is 103 cm³/mol. The molecular weight excluding hydrogens is 328 g/mol. The lowest BCUT2D eigenvalue weighted by Gasteiger charge is -2.10. The largest absolute Gasteiger partial charge is 0.493 e. The number of hydrogen-bond acceptors (Lipinski definition) is 3. The van der Waals surface area contributed by atoms with E-state index in [0.717, 1.165) is 17.5 Å². The molecule has 3 aromatic rings. The van der Waals surface area contributed by atoms with Crippen molar-refractivity contribution in [3.05, 3.63) is 59.8 Å². The van der Waals surface area contributed by atoms with Crippen LogP contribution in [0.4, 0.5) is 0 Å². The Morgan fingerprint density at radius 2 is 1.73 bits per heavy atom. The smallest absolute Gasteiger partial charge is 0.220 e. The number of carbonyl (C=O) groups excluding carboxylic acids is 1. The fourth-order valence-corrected chi connectivity index (χ4v) is 2.98. The first-order chi connectivity index (χ1) is 12.7. The minimum atomic E-state index is 0.0562. The van der Waals surface area contributed by atoms with Crippen LogP contribution in [-0.4, -0.2) is 31.7 Å². The Hall–Kier alpha value is -2.95. The van der Waals surface area contributed by atoms with E-state index in [4.69, 9.17) is 9.47 Å². The third-order valence-corrected chi connectivity index (χ3v) is 4.44. The van der Waals surface area contributed by atoms with Gasteiger partial charge in [-0.1, -0.05) is 18.2 Å². The molecule has 5 nitrogen and oxygen atoms in total. The molecule has 0 aliphatic heterocycles. The van der Waals surface area contributed by atoms with E-state index in [-0.39, 0.29) is 5.91 Å². The highest BCUT2D eigenvalue weighted by molar-refractivity contribution is 5.80. The van der Waals surface area contributed by atoms with Gasteiger partial charge in [0.15, 0.2) is 11.5 Å². The Bertz CT molecular complexity index is 886. The van der Waals surface area contributed by atoms with Crippen LogP contribution in [0.15, 0.2) is 48.7 Å². The van der Waals surface area contributed by atoms with Crippen molar-refractivity contribution in [2.75, 3.05) is 20.8 Å². The third kappa shape index (κ3) is 4.36. The summed E-state index contributed by atoms with van der Waals surface area (Å²) in [5.74, 6) is 1.44. The molecule has 26 heavy (non-hydrogen) atoms. The number of benzene rings is 2. The van der Waals surface area contributed by atoms with Crippen LogP contribution in [0.2, 0.25) is 0 Å². The fourth-order valence-electron chi connectivity index (χ4n) is 2.98. The summed E-state index contributed by atoms with van der Waals surface area (Å²) >= 11 is 0. The van der Waals surface area contributed by atoms with Crippen LogP contribution in [0.5, 0.6) is 11.5 Å². The number of hydrogen-bond donors (Lipinski definition) is 2. The zero-order chi connectivity index (χ0) is 18.4. The maximum absolute atomic E-state index is 12.1. The first-order valence-corrected chi connectivity index (χ1v) is 8.73. The van der Waals surface area contributed by atoms with Crippen LogP contribution < -0.4 is 14.8 Å². The second kappa shape index (κ2) is 8.43. The third-order valence-electron chi connectivity index (χ3n) is 4.44. The molecule has 5 heteroatoms. The molecule has 0 unspecified atom stereocenters. The molecule has 136 valence electrons. The van der Waals surface area contributed by atoms with Crippen LogP contribution in [-0.2, 0) is 17.6 Å². The predicted octanol–water partition coefficient (Wildman–Crippen LogP) is 3.48. The molecule has 0 bridgehead atoms. The lowest BCUT2D eigenvalue weighted by molar-refractivity contribution is -0.121. The van der Waals surface area contributed by atoms with E-state index in [1.54, 1.807) is 14.2 Å². The van der Waals surface area contributed by atoms with E-state index in [2.05, 4.69) is 34.6 Å². The maximum Gasteiger partial charge on any atom is 0.220 e. The summed E-state index contributed by atoms with van der Waals surface area (Å²) in [4.78, 5) is 15.3. The molecule has 0 saturated carbocycles. The molecule has 1 aromatic heterocycles. The summed E-state index contributed by atoms with van der Waals surface area (Å²) in [6, 6.07) is 14.1. The number of fused-ring (bicyclic) bond motifs is 1. The second-order valence-electron chi connectivity index (χ2n) is 6.19. The highest BCUT2D eigenvalue weighted by Crippen LogP contribution is 2.27. The van der Waals surface area contributed by atoms with Crippen molar-refractivity contribution in [2.24, 2.45) is 0 Å². The van der Waals surface area contributed by atoms with Crippen LogP contribution >= 0.6 is 0 Å². The number of rotatable bonds is 8. The Kier molecular flexibility index (Phi) is 5.79. The second-order valence-corrected chi connectivity index (χ2v) is 6.19. The van der Waals surface area contributed by atoms with Gasteiger partial charge in [0.2, 0.25) is 5.91 Å². The van der Waals surface area contributed by atoms with Crippen molar-refractivity contribution in [1.82, 2.24) is 10.3 Å². The van der Waals surface area contributed by atoms with Gasteiger partial charge < -0.3 is 19.8 Å². The number of aromatic amines is 1. The van der Waals surface area contributed by atoms with Gasteiger partial charge in [-0.2, -0.15) is 0 Å². The van der Waals surface area contributed by atoms with Gasteiger partial charge in [0.25, 0.3) is 0 Å². The van der Waals surface area contributed by atoms with E-state index in [1.807, 2.05) is 24.4 Å². The molecule has 2 aromatic carbocycles. The minimum Gasteiger partial charge on any atom is -0.493 e. The van der Waals surface area contributed by atoms with Crippen molar-refractivity contribution < 1.29 is 14.3 Å². The molecule has 3 rings (SSSR count). The molecular formula is C21H24N2O3. The van der Waals surface area contributed by atoms with E-state index in [1.165, 1.54) is 10.9 Å². The number of aryl methyl sites for hydroxylation is 1. The summed E-state index contributed by atoms with van der Waals surface area (Å²) < 4.78 is 10.5. The van der Waals surface area contributed by atoms with E-state index >= 15 is 0 Å². The van der Waals surface area contributed by atoms with Gasteiger partial charge in [0, 0.05) is 24.7 Å². The minimum absolute atomic E-state index is 0.0562. The summed E-state index contributed by atoms with van der Waals surface area (Å²) in [5, 5.41) is 4.19. The lowest BCUT2D eigenvalue weighted by Crippen LogP contribution is -2.25. The Balaban J connectivity index is 1.45. The number of H-pyrrole nitrogens is 1. The maximum atomic E-state index is 12.1. The summed E-state index contributed by atoms with van der Waals surface area (Å²) in [6.07, 6.45) is 3.87. The number of amides is 1. The Morgan fingerprint density at radius 3 is 2.54 bits per heavy atom. The quantitative estimate of drug-likeness (QED) is 0.652. The highest BCUT2D eigenvalue weighted by Gasteiger charge is 2.07. The molecule has 0 fully saturated rings. The molecule has 0 radical (unpaired) electrons. The van der Waals surface area contributed by atoms with Crippen molar-refractivity contribution in [3.63, 3.8) is 0 Å². The van der Waals surface area contributed by atoms with Gasteiger partial charge in [-0.15, -0.1) is 0 Å². The highest BCUT2D eigenvalue weighted by atomic mass is 16.5. The molecule has 0 saturated heterocycles. The van der Waals surface area contributed by atoms with E-state index in [0.29, 0.717) is 30.9 Å². The van der Waals surface area contributed by atoms with Crippen molar-refractivity contribution >= 4 is 16.8 Å². The van der Waals surface area contributed by atoms with Gasteiger partial charge in [-0.3, -0.25) is 4.79 Å². The first-order valence-electron chi connectivity index (χ1n) is 8.73. The average molecular weight is 352 g/mol. The van der Waals surface area contributed by atoms with Gasteiger partial charge in [0.05, 0.1) is 14.2 Å². The van der Waals surface area contributed by atoms with E-state index in [9.17, 15) is 4.79 Å². The van der Waals surface area contributed by atoms with Gasteiger partial charge in [-0.05, 0) is 53.6 Å². The van der Waals surface area contributed by atoms with Crippen LogP contribution in [0.1, 0.15) is 17.5 Å². The van der Waals surface area contributed by atoms with Crippen LogP contribution in [0.3, 0.4) is 0 Å². The number of methoxy groups -OCH3 is 2. The molecule has 0 spiro atoms. The number of carbonyl (C=O) groups is 1. The first kappa shape index (κ1) is 17.9. The molecule has 0 aliphatic rings. The number of ether oxygens (including phenoxy) is 2. The summed E-state index contributed by atoms with van der Waals surface area (Å²) in [5.41, 5.74) is 3.39. The molecule has 1 heterocycles. The monoisotopic (exact) mass is 352 g/mol. The average Bonchev–Trinajstić information content (AvgIpc) is 3.14. The SMILES string of the molecule is COc1ccc(CCC(=O)NCCc2ccc3cc[nH]c3c2)cc1OC. The number of nitrogens with one attached hydrogen (secondary N) is 2. The van der Waals surface area contributed by atoms with Crippen LogP contribution in [0, 0.1) is 0 Å². The van der Waals surface area contributed by atoms with Crippen molar-refractivity contribution in [2.45, 2.75) is 19.3 Å². The van der Waals surface area contributed by atoms with Crippen molar-refractivity contribution in [1.29, 1.82) is 0 Å². The lowest BCUT2D eigenvalue weighted by atomic mass is 10.1. The van der Waals surface area contributed by atoms with Gasteiger partial charge in [-0.25, -0.2) is 0 Å². The standard InChI is InChI=1S/C21H24N2O3/c1-25-19-7-4-15(14-20(19)26-2)5-8-21(24)23-11-9-16-3-6-17-10-12-22-18(17)13-16/h3-4,6-7,10,12-14,22H,5,8-9,11H2,1-2H3,(H,23,24). The molecule has 0 atom stereocenters. The fraction of sp³-hybridized carbons (Fsp3) is 0.286. The van der Waals surface area contributed by atoms with Crippen molar-refractivity contribution in [3.8, 4) is 11.5 Å². The topological polar surface area (TPSA) is 63.3 Å². The summed E-state index contributed by atoms with van der Waals surface area (Å²) in [6.45, 7) is 0.636. The zero-order valence-corrected chi connectivity index (χ0v) is 15.2. The number of aromatic nitrogens is 1. The summed E-state index contributed by atoms with van der Waals surface area (Å²) in [7, 11) is 3.22. The van der Waals surface area contributed by atoms with Gasteiger partial charge in [0.1, 0.15) is 0 Å². The van der Waals surface area contributed by atoms with E-state index < -0.39 is 0 Å².